The molecule has 2 heterocycles. The molecule has 32 heavy (non-hydrogen) atoms. The summed E-state index contributed by atoms with van der Waals surface area (Å²) in [5.41, 5.74) is 4.69. The largest absolute Gasteiger partial charge is 0.351 e. The van der Waals surface area contributed by atoms with Crippen LogP contribution in [0.2, 0.25) is 0 Å². The van der Waals surface area contributed by atoms with Crippen molar-refractivity contribution in [3.8, 4) is 21.1 Å². The summed E-state index contributed by atoms with van der Waals surface area (Å²) in [7, 11) is 0. The van der Waals surface area contributed by atoms with Crippen LogP contribution in [-0.4, -0.2) is 26.8 Å². The Morgan fingerprint density at radius 1 is 1.00 bits per heavy atom. The quantitative estimate of drug-likeness (QED) is 0.369. The minimum atomic E-state index is -0.273. The first-order valence-corrected chi connectivity index (χ1v) is 11.8. The average molecular weight is 465 g/mol. The second-order valence-corrected chi connectivity index (χ2v) is 9.24. The van der Waals surface area contributed by atoms with Gasteiger partial charge < -0.3 is 5.32 Å². The van der Waals surface area contributed by atoms with Crippen LogP contribution in [0.1, 0.15) is 16.8 Å². The molecular weight excluding hydrogens is 443 g/mol. The highest BCUT2D eigenvalue weighted by Gasteiger charge is 2.13. The van der Waals surface area contributed by atoms with Gasteiger partial charge in [-0.05, 0) is 55.8 Å². The van der Waals surface area contributed by atoms with Crippen LogP contribution in [0.3, 0.4) is 0 Å². The number of nitrogens with zero attached hydrogens (tertiary/aromatic N) is 3. The molecule has 5 nitrogen and oxygen atoms in total. The van der Waals surface area contributed by atoms with Gasteiger partial charge in [0, 0.05) is 12.1 Å². The minimum absolute atomic E-state index is 0.0521. The van der Waals surface area contributed by atoms with Crippen molar-refractivity contribution in [3.63, 3.8) is 0 Å². The monoisotopic (exact) mass is 464 g/mol. The fourth-order valence-corrected chi connectivity index (χ4v) is 4.65. The molecule has 0 aliphatic heterocycles. The molecule has 0 atom stereocenters. The molecule has 1 amide bonds. The minimum Gasteiger partial charge on any atom is -0.351 e. The third kappa shape index (κ3) is 5.57. The fraction of sp³-hybridized carbons (Fsp3) is 0.167. The Hall–Kier alpha value is -3.10. The zero-order chi connectivity index (χ0) is 22.5. The Labute approximate surface area is 194 Å². The van der Waals surface area contributed by atoms with Gasteiger partial charge in [-0.1, -0.05) is 41.6 Å². The summed E-state index contributed by atoms with van der Waals surface area (Å²) in [6, 6.07) is 18.1. The molecule has 0 aliphatic carbocycles. The number of thioether (sulfide) groups is 1. The van der Waals surface area contributed by atoms with Crippen LogP contribution < -0.4 is 5.32 Å². The number of aryl methyl sites for hydroxylation is 2. The van der Waals surface area contributed by atoms with Crippen LogP contribution in [0, 0.1) is 19.7 Å². The molecule has 0 spiro atoms. The highest BCUT2D eigenvalue weighted by molar-refractivity contribution is 7.99. The molecule has 0 aliphatic rings. The van der Waals surface area contributed by atoms with Gasteiger partial charge in [0.05, 0.1) is 16.3 Å². The number of hydrogen-bond donors (Lipinski definition) is 1. The number of nitrogens with one attached hydrogen (secondary N) is 1. The van der Waals surface area contributed by atoms with Gasteiger partial charge >= 0.3 is 0 Å². The Morgan fingerprint density at radius 3 is 2.44 bits per heavy atom. The lowest BCUT2D eigenvalue weighted by Crippen LogP contribution is -2.24. The lowest BCUT2D eigenvalue weighted by atomic mass is 10.1. The lowest BCUT2D eigenvalue weighted by molar-refractivity contribution is -0.118. The molecular formula is C24H21FN4OS2. The molecule has 2 aromatic carbocycles. The maximum absolute atomic E-state index is 13.2. The average Bonchev–Trinajstić information content (AvgIpc) is 3.19. The van der Waals surface area contributed by atoms with Crippen molar-refractivity contribution >= 4 is 29.0 Å². The number of thiazole rings is 1. The number of benzene rings is 2. The van der Waals surface area contributed by atoms with Crippen LogP contribution in [-0.2, 0) is 11.3 Å². The predicted octanol–water partition coefficient (Wildman–Crippen LogP) is 5.43. The van der Waals surface area contributed by atoms with Crippen molar-refractivity contribution in [2.75, 3.05) is 5.75 Å². The zero-order valence-corrected chi connectivity index (χ0v) is 19.3. The first-order chi connectivity index (χ1) is 15.5. The number of carbonyl (C=O) groups is 1. The smallest absolute Gasteiger partial charge is 0.230 e. The summed E-state index contributed by atoms with van der Waals surface area (Å²) >= 11 is 2.84. The Kier molecular flexibility index (Phi) is 6.92. The van der Waals surface area contributed by atoms with Gasteiger partial charge in [-0.15, -0.1) is 21.5 Å². The summed E-state index contributed by atoms with van der Waals surface area (Å²) in [6.45, 7) is 4.46. The highest BCUT2D eigenvalue weighted by Crippen LogP contribution is 2.34. The van der Waals surface area contributed by atoms with Gasteiger partial charge in [0.2, 0.25) is 5.91 Å². The van der Waals surface area contributed by atoms with E-state index in [9.17, 15) is 9.18 Å². The van der Waals surface area contributed by atoms with Crippen molar-refractivity contribution in [1.82, 2.24) is 20.5 Å². The first kappa shape index (κ1) is 22.1. The second-order valence-electron chi connectivity index (χ2n) is 7.25. The number of halogens is 1. The molecule has 0 saturated carbocycles. The standard InChI is InChI=1S/C24H21FN4OS2/c1-15-3-5-17(6-4-15)13-26-21(30)14-31-22-12-11-20(28-29-22)23-16(2)27-24(32-23)18-7-9-19(25)10-8-18/h3-12H,13-14H2,1-2H3,(H,26,30). The summed E-state index contributed by atoms with van der Waals surface area (Å²) in [6.07, 6.45) is 0. The molecule has 2 aromatic heterocycles. The molecule has 162 valence electrons. The fourth-order valence-electron chi connectivity index (χ4n) is 2.97. The maximum atomic E-state index is 13.2. The Morgan fingerprint density at radius 2 is 1.75 bits per heavy atom. The van der Waals surface area contributed by atoms with Crippen molar-refractivity contribution in [3.05, 3.63) is 83.3 Å². The molecule has 1 N–H and O–H groups in total. The Bertz CT molecular complexity index is 1210. The van der Waals surface area contributed by atoms with E-state index < -0.39 is 0 Å². The van der Waals surface area contributed by atoms with Crippen LogP contribution >= 0.6 is 23.1 Å². The first-order valence-electron chi connectivity index (χ1n) is 10.0. The lowest BCUT2D eigenvalue weighted by Gasteiger charge is -2.05. The van der Waals surface area contributed by atoms with E-state index in [0.717, 1.165) is 32.4 Å². The van der Waals surface area contributed by atoms with Crippen LogP contribution in [0.25, 0.3) is 21.1 Å². The summed E-state index contributed by atoms with van der Waals surface area (Å²) < 4.78 is 13.2. The van der Waals surface area contributed by atoms with E-state index in [4.69, 9.17) is 0 Å². The molecule has 0 bridgehead atoms. The molecule has 0 fully saturated rings. The van der Waals surface area contributed by atoms with E-state index in [1.807, 2.05) is 50.2 Å². The normalized spacial score (nSPS) is 10.8. The van der Waals surface area contributed by atoms with E-state index in [0.29, 0.717) is 11.6 Å². The van der Waals surface area contributed by atoms with E-state index in [-0.39, 0.29) is 17.5 Å². The third-order valence-electron chi connectivity index (χ3n) is 4.72. The van der Waals surface area contributed by atoms with E-state index >= 15 is 0 Å². The van der Waals surface area contributed by atoms with Crippen LogP contribution in [0.15, 0.2) is 65.7 Å². The van der Waals surface area contributed by atoms with E-state index in [1.165, 1.54) is 40.8 Å². The zero-order valence-electron chi connectivity index (χ0n) is 17.6. The summed E-state index contributed by atoms with van der Waals surface area (Å²) in [5, 5.41) is 13.0. The van der Waals surface area contributed by atoms with Gasteiger partial charge in [-0.25, -0.2) is 9.37 Å². The molecule has 0 radical (unpaired) electrons. The number of hydrogen-bond acceptors (Lipinski definition) is 6. The number of aromatic nitrogens is 3. The molecule has 8 heteroatoms. The van der Waals surface area contributed by atoms with Gasteiger partial charge in [0.15, 0.2) is 0 Å². The number of amides is 1. The van der Waals surface area contributed by atoms with Crippen molar-refractivity contribution < 1.29 is 9.18 Å². The van der Waals surface area contributed by atoms with Crippen molar-refractivity contribution in [1.29, 1.82) is 0 Å². The van der Waals surface area contributed by atoms with Crippen molar-refractivity contribution in [2.24, 2.45) is 0 Å². The third-order valence-corrected chi connectivity index (χ3v) is 6.87. The van der Waals surface area contributed by atoms with E-state index in [1.54, 1.807) is 12.1 Å². The topological polar surface area (TPSA) is 67.8 Å². The van der Waals surface area contributed by atoms with Crippen LogP contribution in [0.5, 0.6) is 0 Å². The molecule has 4 rings (SSSR count). The van der Waals surface area contributed by atoms with Gasteiger partial charge in [-0.3, -0.25) is 4.79 Å². The van der Waals surface area contributed by atoms with Gasteiger partial charge in [-0.2, -0.15) is 0 Å². The summed E-state index contributed by atoms with van der Waals surface area (Å²) in [4.78, 5) is 17.6. The number of rotatable bonds is 7. The van der Waals surface area contributed by atoms with Gasteiger partial charge in [0.1, 0.15) is 21.5 Å². The molecule has 4 aromatic rings. The number of carbonyl (C=O) groups excluding carboxylic acids is 1. The SMILES string of the molecule is Cc1ccc(CNC(=O)CSc2ccc(-c3sc(-c4ccc(F)cc4)nc3C)nn2)cc1. The molecule has 0 saturated heterocycles. The Balaban J connectivity index is 1.34. The molecule has 0 unspecified atom stereocenters. The van der Waals surface area contributed by atoms with Gasteiger partial charge in [0.25, 0.3) is 0 Å². The summed E-state index contributed by atoms with van der Waals surface area (Å²) in [5.74, 6) is -0.0532. The van der Waals surface area contributed by atoms with Crippen LogP contribution in [0.4, 0.5) is 4.39 Å². The maximum Gasteiger partial charge on any atom is 0.230 e. The van der Waals surface area contributed by atoms with Crippen molar-refractivity contribution in [2.45, 2.75) is 25.4 Å². The highest BCUT2D eigenvalue weighted by atomic mass is 32.2. The predicted molar refractivity (Wildman–Crippen MR) is 127 cm³/mol. The second kappa shape index (κ2) is 10.0. The van der Waals surface area contributed by atoms with E-state index in [2.05, 4.69) is 20.5 Å².